The van der Waals surface area contributed by atoms with Gasteiger partial charge in [0.15, 0.2) is 0 Å². The third-order valence-electron chi connectivity index (χ3n) is 11.5. The molecule has 1 aliphatic heterocycles. The third-order valence-corrected chi connectivity index (χ3v) is 11.5. The van der Waals surface area contributed by atoms with Crippen LogP contribution >= 0.6 is 0 Å². The number of aromatic nitrogens is 1. The van der Waals surface area contributed by atoms with Gasteiger partial charge < -0.3 is 14.8 Å². The molecule has 59 heavy (non-hydrogen) atoms. The van der Waals surface area contributed by atoms with E-state index in [-0.39, 0.29) is 22.4 Å². The van der Waals surface area contributed by atoms with E-state index >= 15 is 0 Å². The number of fused-ring (bicyclic) bond motifs is 4. The average molecular weight is 955 g/mol. The van der Waals surface area contributed by atoms with Crippen LogP contribution in [0, 0.1) is 6.67 Å². The quantitative estimate of drug-likeness (QED) is 0.112. The molecular weight excluding hydrogens is 900 g/mol. The van der Waals surface area contributed by atoms with Gasteiger partial charge in [-0.15, -0.1) is 17.7 Å². The van der Waals surface area contributed by atoms with Gasteiger partial charge >= 0.3 is 0 Å². The van der Waals surface area contributed by atoms with Crippen molar-refractivity contribution in [1.82, 2.24) is 4.98 Å². The van der Waals surface area contributed by atoms with Crippen molar-refractivity contribution in [1.29, 1.82) is 0 Å². The second kappa shape index (κ2) is 17.9. The van der Waals surface area contributed by atoms with Crippen LogP contribution in [-0.4, -0.2) is 0 Å². The number of nitrogens with zero attached hydrogens (tertiary/aromatic N) is 3. The van der Waals surface area contributed by atoms with E-state index in [2.05, 4.69) is 217 Å². The van der Waals surface area contributed by atoms with Gasteiger partial charge in [0.1, 0.15) is 0 Å². The summed E-state index contributed by atoms with van der Waals surface area (Å²) < 4.78 is 0. The van der Waals surface area contributed by atoms with Crippen molar-refractivity contribution < 1.29 is 22.4 Å². The Bertz CT molecular complexity index is 2440. The van der Waals surface area contributed by atoms with Crippen LogP contribution in [0.4, 0.5) is 22.7 Å². The zero-order valence-electron chi connectivity index (χ0n) is 35.5. The number of para-hydroxylation sites is 4. The number of hydrogen-bond acceptors (Lipinski definition) is 2. The molecule has 0 amide bonds. The zero-order valence-corrected chi connectivity index (χ0v) is 37.7. The van der Waals surface area contributed by atoms with Crippen molar-refractivity contribution >= 4 is 44.6 Å². The molecule has 9 rings (SSSR count). The Morgan fingerprint density at radius 1 is 0.373 bits per heavy atom. The van der Waals surface area contributed by atoms with Crippen LogP contribution in [0.1, 0.15) is 101 Å². The third kappa shape index (κ3) is 8.30. The van der Waals surface area contributed by atoms with Crippen molar-refractivity contribution in [2.45, 2.75) is 79.1 Å². The predicted octanol–water partition coefficient (Wildman–Crippen LogP) is 15.9. The molecular formula is C55H55AuN3-2. The van der Waals surface area contributed by atoms with Gasteiger partial charge in [-0.05, 0) is 103 Å². The van der Waals surface area contributed by atoms with E-state index in [1.165, 1.54) is 78.0 Å². The summed E-state index contributed by atoms with van der Waals surface area (Å²) in [6.07, 6.45) is 0. The van der Waals surface area contributed by atoms with E-state index in [1.807, 2.05) is 12.1 Å². The van der Waals surface area contributed by atoms with Gasteiger partial charge in [-0.25, -0.2) is 0 Å². The van der Waals surface area contributed by atoms with Gasteiger partial charge in [0.05, 0.1) is 0 Å². The summed E-state index contributed by atoms with van der Waals surface area (Å²) in [6, 6.07) is 56.6. The maximum Gasteiger partial charge on any atom is 0.0345 e. The Labute approximate surface area is 367 Å². The SMILES string of the molecule is CC(C)c1cccc(C(C)C)c1N1[CH-]N(c2c(C(C)C)cccc2C(C)C)c2ccccc21.[Au].c1ccc(-c2ccc3[n-]c4ccc(-c5ccccc5)cc4c3c2)cc1. The van der Waals surface area contributed by atoms with Gasteiger partial charge in [0.25, 0.3) is 0 Å². The second-order valence-electron chi connectivity index (χ2n) is 16.8. The van der Waals surface area contributed by atoms with Gasteiger partial charge in [-0.2, -0.15) is 0 Å². The first-order valence-corrected chi connectivity index (χ1v) is 21.0. The van der Waals surface area contributed by atoms with Crippen LogP contribution in [0.25, 0.3) is 44.1 Å². The summed E-state index contributed by atoms with van der Waals surface area (Å²) in [4.78, 5) is 9.68. The Morgan fingerprint density at radius 3 is 1.05 bits per heavy atom. The average Bonchev–Trinajstić information content (AvgIpc) is 3.81. The smallest absolute Gasteiger partial charge is 0.0345 e. The van der Waals surface area contributed by atoms with Crippen molar-refractivity contribution in [3.8, 4) is 22.3 Å². The minimum Gasteiger partial charge on any atom is -0.657 e. The summed E-state index contributed by atoms with van der Waals surface area (Å²) in [5.41, 5.74) is 17.8. The molecule has 8 aromatic rings. The van der Waals surface area contributed by atoms with E-state index in [4.69, 9.17) is 4.98 Å². The molecule has 303 valence electrons. The predicted molar refractivity (Wildman–Crippen MR) is 250 cm³/mol. The Morgan fingerprint density at radius 2 is 0.712 bits per heavy atom. The minimum atomic E-state index is 0. The molecule has 0 saturated heterocycles. The number of benzene rings is 7. The molecule has 4 heteroatoms. The Hall–Kier alpha value is -5.32. The van der Waals surface area contributed by atoms with Gasteiger partial charge in [0.2, 0.25) is 0 Å². The van der Waals surface area contributed by atoms with E-state index in [1.54, 1.807) is 0 Å². The minimum absolute atomic E-state index is 0. The van der Waals surface area contributed by atoms with Crippen molar-refractivity contribution in [2.75, 3.05) is 9.80 Å². The standard InChI is InChI=1S/C31H39N2.C24H16N.Au/c1-20(2)24-13-11-14-25(21(3)4)30(24)32-19-33(29-18-10-9-17-28(29)32)31-26(22(5)6)15-12-16-27(31)23(7)8;1-3-7-17(8-4-1)19-11-13-23-21(15-19)22-16-20(12-14-24(22)25-23)18-9-5-2-6-10-18;/h9-23H,1-8H3;1-16H;/q2*-1;. The van der Waals surface area contributed by atoms with Gasteiger partial charge in [-0.3, -0.25) is 0 Å². The monoisotopic (exact) mass is 954 g/mol. The van der Waals surface area contributed by atoms with E-state index < -0.39 is 0 Å². The van der Waals surface area contributed by atoms with Gasteiger partial charge in [0, 0.05) is 45.1 Å². The van der Waals surface area contributed by atoms with Crippen LogP contribution in [0.5, 0.6) is 0 Å². The van der Waals surface area contributed by atoms with Crippen molar-refractivity contribution in [2.24, 2.45) is 0 Å². The first-order chi connectivity index (χ1) is 28.1. The fourth-order valence-electron chi connectivity index (χ4n) is 8.50. The molecule has 7 aromatic carbocycles. The molecule has 0 saturated carbocycles. The number of anilines is 4. The van der Waals surface area contributed by atoms with Crippen molar-refractivity contribution in [3.63, 3.8) is 0 Å². The van der Waals surface area contributed by atoms with E-state index in [0.29, 0.717) is 23.7 Å². The normalized spacial score (nSPS) is 12.4. The Kier molecular flexibility index (Phi) is 12.7. The molecule has 0 bridgehead atoms. The molecule has 0 aliphatic carbocycles. The first-order valence-electron chi connectivity index (χ1n) is 21.0. The topological polar surface area (TPSA) is 20.6 Å². The van der Waals surface area contributed by atoms with E-state index in [0.717, 1.165) is 11.0 Å². The van der Waals surface area contributed by atoms with E-state index in [9.17, 15) is 0 Å². The molecule has 0 spiro atoms. The summed E-state index contributed by atoms with van der Waals surface area (Å²) in [5.74, 6) is 1.79. The first kappa shape index (κ1) is 41.8. The number of rotatable bonds is 8. The fraction of sp³-hybridized carbons (Fsp3) is 0.218. The summed E-state index contributed by atoms with van der Waals surface area (Å²) >= 11 is 0. The van der Waals surface area contributed by atoms with Crippen molar-refractivity contribution in [3.05, 3.63) is 187 Å². The maximum absolute atomic E-state index is 4.78. The molecule has 1 aromatic heterocycles. The summed E-state index contributed by atoms with van der Waals surface area (Å²) in [6.45, 7) is 20.7. The molecule has 3 nitrogen and oxygen atoms in total. The van der Waals surface area contributed by atoms with Gasteiger partial charge in [-0.1, -0.05) is 189 Å². The summed E-state index contributed by atoms with van der Waals surface area (Å²) in [5, 5.41) is 2.43. The maximum atomic E-state index is 4.78. The molecule has 0 atom stereocenters. The van der Waals surface area contributed by atoms with Crippen LogP contribution in [0.15, 0.2) is 158 Å². The Balaban J connectivity index is 0.000000182. The van der Waals surface area contributed by atoms with Crippen LogP contribution in [0.2, 0.25) is 0 Å². The molecule has 0 unspecified atom stereocenters. The second-order valence-corrected chi connectivity index (χ2v) is 16.8. The molecule has 0 N–H and O–H groups in total. The molecule has 1 radical (unpaired) electrons. The molecule has 1 aliphatic rings. The van der Waals surface area contributed by atoms with Crippen LogP contribution < -0.4 is 14.8 Å². The van der Waals surface area contributed by atoms with Crippen LogP contribution in [0.3, 0.4) is 0 Å². The molecule has 2 heterocycles. The van der Waals surface area contributed by atoms with Crippen LogP contribution in [-0.2, 0) is 22.4 Å². The largest absolute Gasteiger partial charge is 0.657 e. The fourth-order valence-corrected chi connectivity index (χ4v) is 8.50. The number of hydrogen-bond donors (Lipinski definition) is 0. The zero-order chi connectivity index (χ0) is 40.5. The molecule has 0 fully saturated rings. The summed E-state index contributed by atoms with van der Waals surface area (Å²) in [7, 11) is 0.